The van der Waals surface area contributed by atoms with Crippen LogP contribution in [0.15, 0.2) is 63.7 Å². The number of rotatable bonds is 5. The number of nitrogens with zero attached hydrogens (tertiary/aromatic N) is 4. The van der Waals surface area contributed by atoms with E-state index in [1.165, 1.54) is 0 Å². The van der Waals surface area contributed by atoms with Crippen LogP contribution >= 0.6 is 0 Å². The zero-order valence-corrected chi connectivity index (χ0v) is 14.9. The van der Waals surface area contributed by atoms with Gasteiger partial charge in [-0.1, -0.05) is 35.5 Å². The lowest BCUT2D eigenvalue weighted by atomic mass is 9.99. The maximum Gasteiger partial charge on any atom is 0.274 e. The zero-order valence-electron chi connectivity index (χ0n) is 14.9. The van der Waals surface area contributed by atoms with Crippen molar-refractivity contribution in [2.75, 3.05) is 13.1 Å². The summed E-state index contributed by atoms with van der Waals surface area (Å²) in [6.45, 7) is 1.07. The Kier molecular flexibility index (Phi) is 4.01. The van der Waals surface area contributed by atoms with Crippen LogP contribution in [0.1, 0.15) is 33.7 Å². The first kappa shape index (κ1) is 16.5. The van der Waals surface area contributed by atoms with E-state index < -0.39 is 0 Å². The molecular formula is C20H17N5O3. The molecule has 140 valence electrons. The monoisotopic (exact) mass is 375 g/mol. The third-order valence-electron chi connectivity index (χ3n) is 4.79. The molecule has 0 radical (unpaired) electrons. The molecule has 3 aromatic heterocycles. The number of aromatic nitrogens is 4. The van der Waals surface area contributed by atoms with Crippen molar-refractivity contribution in [3.8, 4) is 11.5 Å². The molecule has 1 aliphatic heterocycles. The van der Waals surface area contributed by atoms with E-state index in [1.54, 1.807) is 23.3 Å². The maximum absolute atomic E-state index is 12.6. The van der Waals surface area contributed by atoms with E-state index in [1.807, 2.05) is 36.4 Å². The Labute approximate surface area is 160 Å². The van der Waals surface area contributed by atoms with Crippen LogP contribution in [-0.4, -0.2) is 44.2 Å². The van der Waals surface area contributed by atoms with Gasteiger partial charge in [-0.05, 0) is 17.7 Å². The molecule has 0 saturated carbocycles. The van der Waals surface area contributed by atoms with Crippen LogP contribution in [0.25, 0.3) is 11.5 Å². The van der Waals surface area contributed by atoms with Crippen LogP contribution in [0.2, 0.25) is 0 Å². The molecular weight excluding hydrogens is 358 g/mol. The Morgan fingerprint density at radius 3 is 2.82 bits per heavy atom. The predicted molar refractivity (Wildman–Crippen MR) is 98.5 cm³/mol. The Bertz CT molecular complexity index is 1080. The molecule has 1 amide bonds. The molecule has 0 spiro atoms. The van der Waals surface area contributed by atoms with Gasteiger partial charge in [0, 0.05) is 25.6 Å². The summed E-state index contributed by atoms with van der Waals surface area (Å²) in [5.41, 5.74) is 2.17. The number of amides is 1. The van der Waals surface area contributed by atoms with Gasteiger partial charge in [0.1, 0.15) is 5.69 Å². The van der Waals surface area contributed by atoms with E-state index in [0.29, 0.717) is 48.4 Å². The van der Waals surface area contributed by atoms with Crippen LogP contribution in [0, 0.1) is 0 Å². The van der Waals surface area contributed by atoms with Gasteiger partial charge < -0.3 is 13.8 Å². The summed E-state index contributed by atoms with van der Waals surface area (Å²) >= 11 is 0. The van der Waals surface area contributed by atoms with Gasteiger partial charge in [0.2, 0.25) is 5.89 Å². The SMILES string of the molecule is O=C(c1cc(-c2ccco2)[nH]n1)N1CC(c2nc(Cc3ccccc3)no2)C1. The van der Waals surface area contributed by atoms with Crippen molar-refractivity contribution < 1.29 is 13.7 Å². The molecule has 4 heterocycles. The first-order valence-electron chi connectivity index (χ1n) is 9.01. The predicted octanol–water partition coefficient (Wildman–Crippen LogP) is 2.88. The third-order valence-corrected chi connectivity index (χ3v) is 4.79. The summed E-state index contributed by atoms with van der Waals surface area (Å²) in [7, 11) is 0. The van der Waals surface area contributed by atoms with Gasteiger partial charge in [-0.3, -0.25) is 9.89 Å². The number of benzene rings is 1. The Morgan fingerprint density at radius 1 is 1.18 bits per heavy atom. The van der Waals surface area contributed by atoms with E-state index in [2.05, 4.69) is 20.3 Å². The number of hydrogen-bond acceptors (Lipinski definition) is 6. The van der Waals surface area contributed by atoms with Crippen molar-refractivity contribution >= 4 is 5.91 Å². The Morgan fingerprint density at radius 2 is 2.04 bits per heavy atom. The average Bonchev–Trinajstić information content (AvgIpc) is 3.43. The highest BCUT2D eigenvalue weighted by molar-refractivity contribution is 5.93. The molecule has 8 heteroatoms. The number of furan rings is 1. The fourth-order valence-corrected chi connectivity index (χ4v) is 3.24. The van der Waals surface area contributed by atoms with Crippen molar-refractivity contribution in [1.82, 2.24) is 25.2 Å². The molecule has 0 atom stereocenters. The average molecular weight is 375 g/mol. The number of carbonyl (C=O) groups is 1. The van der Waals surface area contributed by atoms with E-state index in [4.69, 9.17) is 8.94 Å². The van der Waals surface area contributed by atoms with E-state index in [9.17, 15) is 4.79 Å². The van der Waals surface area contributed by atoms with Gasteiger partial charge in [-0.2, -0.15) is 10.1 Å². The summed E-state index contributed by atoms with van der Waals surface area (Å²) in [6.07, 6.45) is 2.21. The smallest absolute Gasteiger partial charge is 0.274 e. The molecule has 1 aliphatic rings. The maximum atomic E-state index is 12.6. The number of hydrogen-bond donors (Lipinski definition) is 1. The zero-order chi connectivity index (χ0) is 18.9. The topological polar surface area (TPSA) is 101 Å². The molecule has 4 aromatic rings. The minimum absolute atomic E-state index is 0.0597. The highest BCUT2D eigenvalue weighted by Gasteiger charge is 2.36. The summed E-state index contributed by atoms with van der Waals surface area (Å²) in [6, 6.07) is 15.3. The van der Waals surface area contributed by atoms with Crippen molar-refractivity contribution in [3.05, 3.63) is 77.8 Å². The number of likely N-dealkylation sites (tertiary alicyclic amines) is 1. The largest absolute Gasteiger partial charge is 0.463 e. The highest BCUT2D eigenvalue weighted by Crippen LogP contribution is 2.28. The van der Waals surface area contributed by atoms with Crippen molar-refractivity contribution in [3.63, 3.8) is 0 Å². The van der Waals surface area contributed by atoms with Crippen molar-refractivity contribution in [2.24, 2.45) is 0 Å². The molecule has 1 saturated heterocycles. The number of aromatic amines is 1. The van der Waals surface area contributed by atoms with Gasteiger partial charge in [0.15, 0.2) is 17.3 Å². The molecule has 1 N–H and O–H groups in total. The molecule has 5 rings (SSSR count). The first-order valence-corrected chi connectivity index (χ1v) is 9.01. The van der Waals surface area contributed by atoms with Gasteiger partial charge in [0.25, 0.3) is 5.91 Å². The fraction of sp³-hybridized carbons (Fsp3) is 0.200. The van der Waals surface area contributed by atoms with Crippen LogP contribution < -0.4 is 0 Å². The van der Waals surface area contributed by atoms with Gasteiger partial charge in [-0.25, -0.2) is 0 Å². The van der Waals surface area contributed by atoms with Crippen LogP contribution in [0.3, 0.4) is 0 Å². The molecule has 0 unspecified atom stereocenters. The fourth-order valence-electron chi connectivity index (χ4n) is 3.24. The van der Waals surface area contributed by atoms with Crippen LogP contribution in [0.5, 0.6) is 0 Å². The number of nitrogens with one attached hydrogen (secondary N) is 1. The standard InChI is InChI=1S/C20H17N5O3/c26-20(16-10-15(22-23-16)17-7-4-8-27-17)25-11-14(12-25)19-21-18(24-28-19)9-13-5-2-1-3-6-13/h1-8,10,14H,9,11-12H2,(H,22,23). The second-order valence-corrected chi connectivity index (χ2v) is 6.76. The van der Waals surface area contributed by atoms with Crippen molar-refractivity contribution in [2.45, 2.75) is 12.3 Å². The second-order valence-electron chi connectivity index (χ2n) is 6.76. The molecule has 28 heavy (non-hydrogen) atoms. The third kappa shape index (κ3) is 3.09. The lowest BCUT2D eigenvalue weighted by Gasteiger charge is -2.36. The minimum Gasteiger partial charge on any atom is -0.463 e. The lowest BCUT2D eigenvalue weighted by molar-refractivity contribution is 0.0563. The van der Waals surface area contributed by atoms with Gasteiger partial charge in [0.05, 0.1) is 12.2 Å². The van der Waals surface area contributed by atoms with E-state index in [-0.39, 0.29) is 11.8 Å². The lowest BCUT2D eigenvalue weighted by Crippen LogP contribution is -2.48. The summed E-state index contributed by atoms with van der Waals surface area (Å²) in [5.74, 6) is 1.80. The number of carbonyl (C=O) groups excluding carboxylic acids is 1. The summed E-state index contributed by atoms with van der Waals surface area (Å²) in [4.78, 5) is 18.8. The second kappa shape index (κ2) is 6.80. The number of H-pyrrole nitrogens is 1. The normalized spacial score (nSPS) is 14.2. The molecule has 8 nitrogen and oxygen atoms in total. The van der Waals surface area contributed by atoms with E-state index in [0.717, 1.165) is 5.56 Å². The Balaban J connectivity index is 1.20. The van der Waals surface area contributed by atoms with Gasteiger partial charge in [-0.15, -0.1) is 0 Å². The molecule has 0 bridgehead atoms. The minimum atomic E-state index is -0.130. The summed E-state index contributed by atoms with van der Waals surface area (Å²) < 4.78 is 10.7. The van der Waals surface area contributed by atoms with Crippen LogP contribution in [-0.2, 0) is 6.42 Å². The Hall–Kier alpha value is -3.68. The van der Waals surface area contributed by atoms with Crippen LogP contribution in [0.4, 0.5) is 0 Å². The molecule has 0 aliphatic carbocycles. The van der Waals surface area contributed by atoms with Gasteiger partial charge >= 0.3 is 0 Å². The quantitative estimate of drug-likeness (QED) is 0.576. The molecule has 1 aromatic carbocycles. The highest BCUT2D eigenvalue weighted by atomic mass is 16.5. The first-order chi connectivity index (χ1) is 13.8. The van der Waals surface area contributed by atoms with E-state index >= 15 is 0 Å². The molecule has 1 fully saturated rings. The summed E-state index contributed by atoms with van der Waals surface area (Å²) in [5, 5.41) is 11.0. The van der Waals surface area contributed by atoms with Crippen molar-refractivity contribution in [1.29, 1.82) is 0 Å².